The quantitative estimate of drug-likeness (QED) is 0.379. The molecule has 0 spiro atoms. The van der Waals surface area contributed by atoms with Gasteiger partial charge in [-0.25, -0.2) is 0 Å². The van der Waals surface area contributed by atoms with E-state index in [1.165, 1.54) is 0 Å². The number of esters is 1. The summed E-state index contributed by atoms with van der Waals surface area (Å²) in [7, 11) is 0. The third kappa shape index (κ3) is 7.92. The van der Waals surface area contributed by atoms with Crippen LogP contribution in [0.25, 0.3) is 0 Å². The Morgan fingerprint density at radius 2 is 2.08 bits per heavy atom. The molecule has 0 aromatic carbocycles. The lowest BCUT2D eigenvalue weighted by Gasteiger charge is -2.02. The zero-order valence-corrected chi connectivity index (χ0v) is 8.61. The van der Waals surface area contributed by atoms with Crippen molar-refractivity contribution in [1.82, 2.24) is 0 Å². The van der Waals surface area contributed by atoms with E-state index in [1.54, 1.807) is 0 Å². The Morgan fingerprint density at radius 3 is 2.67 bits per heavy atom. The third-order valence-corrected chi connectivity index (χ3v) is 1.87. The van der Waals surface area contributed by atoms with Crippen LogP contribution in [0, 0.1) is 0 Å². The number of rotatable bonds is 7. The summed E-state index contributed by atoms with van der Waals surface area (Å²) >= 11 is 4.02. The zero-order valence-electron chi connectivity index (χ0n) is 7.71. The molecule has 72 valence electrons. The Bertz CT molecular complexity index is 103. The van der Waals surface area contributed by atoms with Gasteiger partial charge in [0.25, 0.3) is 0 Å². The SMILES string of the molecule is CCCCCC(=O)OCCCS. The molecule has 0 saturated heterocycles. The van der Waals surface area contributed by atoms with E-state index in [4.69, 9.17) is 4.74 Å². The van der Waals surface area contributed by atoms with Gasteiger partial charge in [0.1, 0.15) is 0 Å². The summed E-state index contributed by atoms with van der Waals surface area (Å²) in [5, 5.41) is 0. The second-order valence-corrected chi connectivity index (χ2v) is 3.20. The van der Waals surface area contributed by atoms with Crippen molar-refractivity contribution in [2.45, 2.75) is 39.0 Å². The van der Waals surface area contributed by atoms with E-state index >= 15 is 0 Å². The van der Waals surface area contributed by atoms with E-state index < -0.39 is 0 Å². The first-order valence-corrected chi connectivity index (χ1v) is 5.21. The Labute approximate surface area is 80.1 Å². The number of hydrogen-bond acceptors (Lipinski definition) is 3. The summed E-state index contributed by atoms with van der Waals surface area (Å²) in [6.07, 6.45) is 4.63. The smallest absolute Gasteiger partial charge is 0.305 e. The lowest BCUT2D eigenvalue weighted by Crippen LogP contribution is -2.05. The highest BCUT2D eigenvalue weighted by Gasteiger charge is 2.00. The molecule has 12 heavy (non-hydrogen) atoms. The number of hydrogen-bond donors (Lipinski definition) is 1. The van der Waals surface area contributed by atoms with Crippen LogP contribution in [0.5, 0.6) is 0 Å². The van der Waals surface area contributed by atoms with Gasteiger partial charge < -0.3 is 4.74 Å². The molecular formula is C9H18O2S. The fourth-order valence-corrected chi connectivity index (χ4v) is 0.971. The van der Waals surface area contributed by atoms with Crippen molar-refractivity contribution in [3.63, 3.8) is 0 Å². The fourth-order valence-electron chi connectivity index (χ4n) is 0.842. The van der Waals surface area contributed by atoms with E-state index in [1.807, 2.05) is 0 Å². The van der Waals surface area contributed by atoms with Gasteiger partial charge in [-0.3, -0.25) is 4.79 Å². The molecule has 0 N–H and O–H groups in total. The van der Waals surface area contributed by atoms with Gasteiger partial charge in [0.15, 0.2) is 0 Å². The standard InChI is InChI=1S/C9H18O2S/c1-2-3-4-6-9(10)11-7-5-8-12/h12H,2-8H2,1H3. The van der Waals surface area contributed by atoms with Crippen molar-refractivity contribution >= 4 is 18.6 Å². The summed E-state index contributed by atoms with van der Waals surface area (Å²) in [4.78, 5) is 10.9. The van der Waals surface area contributed by atoms with Crippen molar-refractivity contribution in [2.24, 2.45) is 0 Å². The topological polar surface area (TPSA) is 26.3 Å². The summed E-state index contributed by atoms with van der Waals surface area (Å²) in [6, 6.07) is 0. The van der Waals surface area contributed by atoms with Crippen LogP contribution in [-0.2, 0) is 9.53 Å². The fraction of sp³-hybridized carbons (Fsp3) is 0.889. The second kappa shape index (κ2) is 8.91. The number of unbranched alkanes of at least 4 members (excludes halogenated alkanes) is 2. The first kappa shape index (κ1) is 11.8. The molecule has 0 bridgehead atoms. The molecule has 3 heteroatoms. The molecule has 2 nitrogen and oxygen atoms in total. The Morgan fingerprint density at radius 1 is 1.33 bits per heavy atom. The Hall–Kier alpha value is -0.180. The van der Waals surface area contributed by atoms with E-state index in [-0.39, 0.29) is 5.97 Å². The molecule has 0 aliphatic rings. The van der Waals surface area contributed by atoms with Crippen LogP contribution in [0.3, 0.4) is 0 Å². The van der Waals surface area contributed by atoms with Gasteiger partial charge in [-0.2, -0.15) is 12.6 Å². The second-order valence-electron chi connectivity index (χ2n) is 2.75. The van der Waals surface area contributed by atoms with Crippen LogP contribution in [0.1, 0.15) is 39.0 Å². The van der Waals surface area contributed by atoms with Crippen LogP contribution in [0.2, 0.25) is 0 Å². The molecule has 0 fully saturated rings. The van der Waals surface area contributed by atoms with Crippen LogP contribution in [0.15, 0.2) is 0 Å². The van der Waals surface area contributed by atoms with E-state index in [0.717, 1.165) is 31.4 Å². The molecule has 0 radical (unpaired) electrons. The van der Waals surface area contributed by atoms with Gasteiger partial charge in [-0.1, -0.05) is 19.8 Å². The molecule has 0 amide bonds. The lowest BCUT2D eigenvalue weighted by atomic mass is 10.2. The number of thiol groups is 1. The average Bonchev–Trinajstić information content (AvgIpc) is 2.06. The zero-order chi connectivity index (χ0) is 9.23. The minimum absolute atomic E-state index is 0.0646. The van der Waals surface area contributed by atoms with Crippen molar-refractivity contribution in [3.8, 4) is 0 Å². The van der Waals surface area contributed by atoms with Gasteiger partial charge in [-0.15, -0.1) is 0 Å². The first-order chi connectivity index (χ1) is 5.81. The van der Waals surface area contributed by atoms with Crippen molar-refractivity contribution < 1.29 is 9.53 Å². The molecule has 0 unspecified atom stereocenters. The van der Waals surface area contributed by atoms with Gasteiger partial charge in [0.05, 0.1) is 6.61 Å². The van der Waals surface area contributed by atoms with Crippen molar-refractivity contribution in [2.75, 3.05) is 12.4 Å². The van der Waals surface area contributed by atoms with Crippen LogP contribution in [0.4, 0.5) is 0 Å². The lowest BCUT2D eigenvalue weighted by molar-refractivity contribution is -0.143. The Balaban J connectivity index is 3.10. The van der Waals surface area contributed by atoms with Gasteiger partial charge in [0.2, 0.25) is 0 Å². The summed E-state index contributed by atoms with van der Waals surface area (Å²) in [6.45, 7) is 2.64. The van der Waals surface area contributed by atoms with Crippen LogP contribution >= 0.6 is 12.6 Å². The number of ether oxygens (including phenoxy) is 1. The molecule has 0 aromatic heterocycles. The first-order valence-electron chi connectivity index (χ1n) is 4.57. The van der Waals surface area contributed by atoms with Gasteiger partial charge in [0, 0.05) is 6.42 Å². The predicted octanol–water partition coefficient (Wildman–Crippen LogP) is 2.43. The van der Waals surface area contributed by atoms with Gasteiger partial charge >= 0.3 is 5.97 Å². The van der Waals surface area contributed by atoms with E-state index in [2.05, 4.69) is 19.6 Å². The summed E-state index contributed by atoms with van der Waals surface area (Å²) in [5.74, 6) is 0.715. The highest BCUT2D eigenvalue weighted by Crippen LogP contribution is 2.00. The highest BCUT2D eigenvalue weighted by atomic mass is 32.1. The minimum atomic E-state index is -0.0646. The Kier molecular flexibility index (Phi) is 8.78. The molecule has 0 aliphatic carbocycles. The number of carbonyl (C=O) groups is 1. The van der Waals surface area contributed by atoms with E-state index in [0.29, 0.717) is 13.0 Å². The molecular weight excluding hydrogens is 172 g/mol. The van der Waals surface area contributed by atoms with Crippen LogP contribution in [-0.4, -0.2) is 18.3 Å². The maximum atomic E-state index is 10.9. The predicted molar refractivity (Wildman–Crippen MR) is 53.6 cm³/mol. The summed E-state index contributed by atoms with van der Waals surface area (Å²) in [5.41, 5.74) is 0. The molecule has 0 saturated carbocycles. The minimum Gasteiger partial charge on any atom is -0.466 e. The average molecular weight is 190 g/mol. The third-order valence-electron chi connectivity index (χ3n) is 1.55. The monoisotopic (exact) mass is 190 g/mol. The van der Waals surface area contributed by atoms with Crippen LogP contribution < -0.4 is 0 Å². The molecule has 0 aromatic rings. The highest BCUT2D eigenvalue weighted by molar-refractivity contribution is 7.80. The van der Waals surface area contributed by atoms with Crippen molar-refractivity contribution in [3.05, 3.63) is 0 Å². The largest absolute Gasteiger partial charge is 0.466 e. The normalized spacial score (nSPS) is 9.83. The number of carbonyl (C=O) groups excluding carboxylic acids is 1. The molecule has 0 atom stereocenters. The summed E-state index contributed by atoms with van der Waals surface area (Å²) < 4.78 is 4.94. The molecule has 0 heterocycles. The molecule has 0 rings (SSSR count). The van der Waals surface area contributed by atoms with E-state index in [9.17, 15) is 4.79 Å². The molecule has 0 aliphatic heterocycles. The maximum absolute atomic E-state index is 10.9. The van der Waals surface area contributed by atoms with Crippen molar-refractivity contribution in [1.29, 1.82) is 0 Å². The van der Waals surface area contributed by atoms with Gasteiger partial charge in [-0.05, 0) is 18.6 Å². The maximum Gasteiger partial charge on any atom is 0.305 e.